The minimum atomic E-state index is 0.112. The SMILES string of the molecule is COCCCC(N)c1cc(C)c(Br)c(C)c1. The lowest BCUT2D eigenvalue weighted by Crippen LogP contribution is -2.11. The number of hydrogen-bond donors (Lipinski definition) is 1. The first-order chi connectivity index (χ1) is 7.56. The van der Waals surface area contributed by atoms with Gasteiger partial charge >= 0.3 is 0 Å². The molecule has 2 N–H and O–H groups in total. The van der Waals surface area contributed by atoms with Crippen LogP contribution in [0.15, 0.2) is 16.6 Å². The summed E-state index contributed by atoms with van der Waals surface area (Å²) in [4.78, 5) is 0. The van der Waals surface area contributed by atoms with E-state index in [9.17, 15) is 0 Å². The normalized spacial score (nSPS) is 12.8. The molecule has 0 bridgehead atoms. The molecule has 0 aliphatic rings. The first-order valence-corrected chi connectivity index (χ1v) is 6.36. The minimum absolute atomic E-state index is 0.112. The first kappa shape index (κ1) is 13.7. The van der Waals surface area contributed by atoms with Crippen LogP contribution in [-0.2, 0) is 4.74 Å². The molecule has 0 saturated heterocycles. The molecule has 0 heterocycles. The third kappa shape index (κ3) is 3.58. The molecule has 1 aromatic carbocycles. The monoisotopic (exact) mass is 285 g/mol. The van der Waals surface area contributed by atoms with Crippen molar-refractivity contribution in [3.63, 3.8) is 0 Å². The highest BCUT2D eigenvalue weighted by molar-refractivity contribution is 9.10. The predicted octanol–water partition coefficient (Wildman–Crippen LogP) is 3.49. The van der Waals surface area contributed by atoms with E-state index in [0.717, 1.165) is 19.4 Å². The van der Waals surface area contributed by atoms with Crippen molar-refractivity contribution >= 4 is 15.9 Å². The molecule has 90 valence electrons. The third-order valence-electron chi connectivity index (χ3n) is 2.75. The van der Waals surface area contributed by atoms with E-state index in [1.165, 1.54) is 21.2 Å². The molecule has 1 aromatic rings. The summed E-state index contributed by atoms with van der Waals surface area (Å²) in [7, 11) is 1.72. The predicted molar refractivity (Wildman–Crippen MR) is 71.7 cm³/mol. The lowest BCUT2D eigenvalue weighted by Gasteiger charge is -2.14. The Morgan fingerprint density at radius 1 is 1.31 bits per heavy atom. The lowest BCUT2D eigenvalue weighted by atomic mass is 9.99. The molecule has 0 aromatic heterocycles. The smallest absolute Gasteiger partial charge is 0.0462 e. The van der Waals surface area contributed by atoms with E-state index in [1.807, 2.05) is 0 Å². The van der Waals surface area contributed by atoms with E-state index >= 15 is 0 Å². The van der Waals surface area contributed by atoms with E-state index in [4.69, 9.17) is 10.5 Å². The van der Waals surface area contributed by atoms with E-state index < -0.39 is 0 Å². The molecule has 0 amide bonds. The summed E-state index contributed by atoms with van der Waals surface area (Å²) < 4.78 is 6.21. The van der Waals surface area contributed by atoms with E-state index in [-0.39, 0.29) is 6.04 Å². The highest BCUT2D eigenvalue weighted by Crippen LogP contribution is 2.26. The number of nitrogens with two attached hydrogens (primary N) is 1. The Balaban J connectivity index is 2.72. The Hall–Kier alpha value is -0.380. The maximum atomic E-state index is 6.15. The zero-order valence-electron chi connectivity index (χ0n) is 10.2. The van der Waals surface area contributed by atoms with Crippen molar-refractivity contribution in [3.8, 4) is 0 Å². The molecule has 1 atom stereocenters. The summed E-state index contributed by atoms with van der Waals surface area (Å²) in [6.07, 6.45) is 1.97. The fourth-order valence-electron chi connectivity index (χ4n) is 1.81. The Morgan fingerprint density at radius 2 is 1.88 bits per heavy atom. The van der Waals surface area contributed by atoms with Crippen LogP contribution < -0.4 is 5.73 Å². The summed E-state index contributed by atoms with van der Waals surface area (Å²) in [5.41, 5.74) is 9.86. The van der Waals surface area contributed by atoms with Crippen LogP contribution in [0.3, 0.4) is 0 Å². The number of aryl methyl sites for hydroxylation is 2. The molecule has 0 aliphatic carbocycles. The van der Waals surface area contributed by atoms with Crippen LogP contribution in [0.5, 0.6) is 0 Å². The van der Waals surface area contributed by atoms with E-state index in [0.29, 0.717) is 0 Å². The highest BCUT2D eigenvalue weighted by Gasteiger charge is 2.09. The molecule has 0 radical (unpaired) electrons. The van der Waals surface area contributed by atoms with Crippen molar-refractivity contribution in [2.75, 3.05) is 13.7 Å². The van der Waals surface area contributed by atoms with Crippen LogP contribution in [0.2, 0.25) is 0 Å². The van der Waals surface area contributed by atoms with Crippen LogP contribution >= 0.6 is 15.9 Å². The van der Waals surface area contributed by atoms with Crippen LogP contribution in [-0.4, -0.2) is 13.7 Å². The standard InChI is InChI=1S/C13H20BrNO/c1-9-7-11(8-10(2)13(9)14)12(15)5-4-6-16-3/h7-8,12H,4-6,15H2,1-3H3. The van der Waals surface area contributed by atoms with Gasteiger partial charge in [0, 0.05) is 24.2 Å². The Labute approximate surface area is 106 Å². The van der Waals surface area contributed by atoms with Gasteiger partial charge in [0.05, 0.1) is 0 Å². The van der Waals surface area contributed by atoms with Crippen molar-refractivity contribution in [1.82, 2.24) is 0 Å². The summed E-state index contributed by atoms with van der Waals surface area (Å²) in [5.74, 6) is 0. The van der Waals surface area contributed by atoms with E-state index in [2.05, 4.69) is 41.9 Å². The fourth-order valence-corrected chi connectivity index (χ4v) is 2.04. The van der Waals surface area contributed by atoms with Gasteiger partial charge < -0.3 is 10.5 Å². The summed E-state index contributed by atoms with van der Waals surface area (Å²) in [6.45, 7) is 4.98. The van der Waals surface area contributed by atoms with Crippen molar-refractivity contribution in [2.24, 2.45) is 5.73 Å². The minimum Gasteiger partial charge on any atom is -0.385 e. The summed E-state index contributed by atoms with van der Waals surface area (Å²) in [6, 6.07) is 4.43. The Kier molecular flexibility index (Phi) is 5.46. The number of ether oxygens (including phenoxy) is 1. The zero-order valence-corrected chi connectivity index (χ0v) is 11.8. The molecule has 16 heavy (non-hydrogen) atoms. The van der Waals surface area contributed by atoms with Crippen LogP contribution in [0, 0.1) is 13.8 Å². The van der Waals surface area contributed by atoms with Gasteiger partial charge in [-0.25, -0.2) is 0 Å². The molecule has 0 fully saturated rings. The number of rotatable bonds is 5. The average molecular weight is 286 g/mol. The van der Waals surface area contributed by atoms with Crippen molar-refractivity contribution in [3.05, 3.63) is 33.3 Å². The molecular weight excluding hydrogens is 266 g/mol. The second-order valence-electron chi connectivity index (χ2n) is 4.21. The van der Waals surface area contributed by atoms with Gasteiger partial charge in [-0.2, -0.15) is 0 Å². The molecule has 0 aliphatic heterocycles. The Bertz CT molecular complexity index is 329. The van der Waals surface area contributed by atoms with Crippen molar-refractivity contribution in [2.45, 2.75) is 32.7 Å². The third-order valence-corrected chi connectivity index (χ3v) is 4.00. The first-order valence-electron chi connectivity index (χ1n) is 5.57. The Morgan fingerprint density at radius 3 is 2.38 bits per heavy atom. The van der Waals surface area contributed by atoms with Crippen molar-refractivity contribution < 1.29 is 4.74 Å². The zero-order chi connectivity index (χ0) is 12.1. The second-order valence-corrected chi connectivity index (χ2v) is 5.00. The van der Waals surface area contributed by atoms with Gasteiger partial charge in [-0.1, -0.05) is 28.1 Å². The average Bonchev–Trinajstić information content (AvgIpc) is 2.25. The lowest BCUT2D eigenvalue weighted by molar-refractivity contribution is 0.190. The number of hydrogen-bond acceptors (Lipinski definition) is 2. The van der Waals surface area contributed by atoms with Crippen LogP contribution in [0.4, 0.5) is 0 Å². The van der Waals surface area contributed by atoms with E-state index in [1.54, 1.807) is 7.11 Å². The topological polar surface area (TPSA) is 35.2 Å². The number of benzene rings is 1. The number of halogens is 1. The van der Waals surface area contributed by atoms with Crippen molar-refractivity contribution in [1.29, 1.82) is 0 Å². The maximum Gasteiger partial charge on any atom is 0.0462 e. The van der Waals surface area contributed by atoms with Crippen LogP contribution in [0.25, 0.3) is 0 Å². The van der Waals surface area contributed by atoms with Gasteiger partial charge in [0.15, 0.2) is 0 Å². The molecule has 0 spiro atoms. The maximum absolute atomic E-state index is 6.15. The second kappa shape index (κ2) is 6.38. The summed E-state index contributed by atoms with van der Waals surface area (Å²) in [5, 5.41) is 0. The quantitative estimate of drug-likeness (QED) is 0.841. The largest absolute Gasteiger partial charge is 0.385 e. The molecule has 1 unspecified atom stereocenters. The fraction of sp³-hybridized carbons (Fsp3) is 0.538. The number of methoxy groups -OCH3 is 1. The van der Waals surface area contributed by atoms with Gasteiger partial charge in [-0.05, 0) is 43.4 Å². The van der Waals surface area contributed by atoms with Gasteiger partial charge in [-0.3, -0.25) is 0 Å². The van der Waals surface area contributed by atoms with Gasteiger partial charge in [-0.15, -0.1) is 0 Å². The van der Waals surface area contributed by atoms with Gasteiger partial charge in [0.2, 0.25) is 0 Å². The van der Waals surface area contributed by atoms with Gasteiger partial charge in [0.1, 0.15) is 0 Å². The molecule has 3 heteroatoms. The van der Waals surface area contributed by atoms with Crippen LogP contribution in [0.1, 0.15) is 35.6 Å². The highest BCUT2D eigenvalue weighted by atomic mass is 79.9. The molecular formula is C13H20BrNO. The molecule has 0 saturated carbocycles. The summed E-state index contributed by atoms with van der Waals surface area (Å²) >= 11 is 3.57. The molecule has 1 rings (SSSR count). The van der Waals surface area contributed by atoms with Gasteiger partial charge in [0.25, 0.3) is 0 Å². The molecule has 2 nitrogen and oxygen atoms in total.